The highest BCUT2D eigenvalue weighted by Gasteiger charge is 2.00. The van der Waals surface area contributed by atoms with Crippen LogP contribution >= 0.6 is 23.4 Å². The van der Waals surface area contributed by atoms with Crippen LogP contribution in [0.2, 0.25) is 5.15 Å². The summed E-state index contributed by atoms with van der Waals surface area (Å²) < 4.78 is 0. The first kappa shape index (κ1) is 12.7. The SMILES string of the molecule is CCSCCCNc1cc(C)cnc1Cl. The number of hydrogen-bond donors (Lipinski definition) is 1. The van der Waals surface area contributed by atoms with Gasteiger partial charge in [-0.2, -0.15) is 11.8 Å². The smallest absolute Gasteiger partial charge is 0.152 e. The van der Waals surface area contributed by atoms with Gasteiger partial charge >= 0.3 is 0 Å². The van der Waals surface area contributed by atoms with Crippen LogP contribution in [0.5, 0.6) is 0 Å². The van der Waals surface area contributed by atoms with Gasteiger partial charge in [-0.3, -0.25) is 0 Å². The van der Waals surface area contributed by atoms with E-state index in [0.717, 1.165) is 24.2 Å². The summed E-state index contributed by atoms with van der Waals surface area (Å²) in [5.74, 6) is 2.38. The summed E-state index contributed by atoms with van der Waals surface area (Å²) in [4.78, 5) is 4.09. The van der Waals surface area contributed by atoms with Gasteiger partial charge < -0.3 is 5.32 Å². The molecular weight excluding hydrogens is 228 g/mol. The van der Waals surface area contributed by atoms with Gasteiger partial charge in [0, 0.05) is 12.7 Å². The van der Waals surface area contributed by atoms with Gasteiger partial charge in [0.15, 0.2) is 5.15 Å². The molecule has 0 fully saturated rings. The van der Waals surface area contributed by atoms with Crippen molar-refractivity contribution >= 4 is 29.1 Å². The normalized spacial score (nSPS) is 10.3. The van der Waals surface area contributed by atoms with E-state index >= 15 is 0 Å². The van der Waals surface area contributed by atoms with Crippen LogP contribution < -0.4 is 5.32 Å². The van der Waals surface area contributed by atoms with Gasteiger partial charge in [0.25, 0.3) is 0 Å². The monoisotopic (exact) mass is 244 g/mol. The Kier molecular flexibility index (Phi) is 5.88. The van der Waals surface area contributed by atoms with Gasteiger partial charge in [-0.25, -0.2) is 4.98 Å². The summed E-state index contributed by atoms with van der Waals surface area (Å²) >= 11 is 7.92. The van der Waals surface area contributed by atoms with Gasteiger partial charge in [0.05, 0.1) is 5.69 Å². The Hall–Kier alpha value is -0.410. The molecule has 0 unspecified atom stereocenters. The third-order valence-corrected chi connectivity index (χ3v) is 3.25. The molecule has 0 spiro atoms. The Morgan fingerprint density at radius 1 is 1.53 bits per heavy atom. The third kappa shape index (κ3) is 4.76. The Morgan fingerprint density at radius 2 is 2.33 bits per heavy atom. The van der Waals surface area contributed by atoms with Gasteiger partial charge in [-0.15, -0.1) is 0 Å². The number of anilines is 1. The molecule has 1 aromatic rings. The van der Waals surface area contributed by atoms with Crippen molar-refractivity contribution in [2.45, 2.75) is 20.3 Å². The van der Waals surface area contributed by atoms with Crippen molar-refractivity contribution in [2.75, 3.05) is 23.4 Å². The average Bonchev–Trinajstić information content (AvgIpc) is 2.23. The molecular formula is C11H17ClN2S. The third-order valence-electron chi connectivity index (χ3n) is 1.96. The van der Waals surface area contributed by atoms with Crippen LogP contribution in [0, 0.1) is 6.92 Å². The molecule has 1 rings (SSSR count). The quantitative estimate of drug-likeness (QED) is 0.612. The molecule has 0 aliphatic carbocycles. The maximum atomic E-state index is 5.96. The van der Waals surface area contributed by atoms with Crippen molar-refractivity contribution in [1.82, 2.24) is 4.98 Å². The topological polar surface area (TPSA) is 24.9 Å². The number of aromatic nitrogens is 1. The molecule has 4 heteroatoms. The maximum Gasteiger partial charge on any atom is 0.152 e. The van der Waals surface area contributed by atoms with E-state index in [0.29, 0.717) is 5.15 Å². The zero-order valence-corrected chi connectivity index (χ0v) is 10.8. The van der Waals surface area contributed by atoms with Crippen LogP contribution in [-0.2, 0) is 0 Å². The van der Waals surface area contributed by atoms with Gasteiger partial charge in [0.1, 0.15) is 0 Å². The van der Waals surface area contributed by atoms with Crippen molar-refractivity contribution in [3.63, 3.8) is 0 Å². The molecule has 0 saturated carbocycles. The predicted octanol–water partition coefficient (Wildman–Crippen LogP) is 3.60. The number of pyridine rings is 1. The molecule has 0 aromatic carbocycles. The molecule has 15 heavy (non-hydrogen) atoms. The molecule has 1 aromatic heterocycles. The summed E-state index contributed by atoms with van der Waals surface area (Å²) in [6, 6.07) is 2.03. The van der Waals surface area contributed by atoms with Crippen molar-refractivity contribution in [2.24, 2.45) is 0 Å². The van der Waals surface area contributed by atoms with E-state index < -0.39 is 0 Å². The maximum absolute atomic E-state index is 5.96. The molecule has 0 saturated heterocycles. The number of hydrogen-bond acceptors (Lipinski definition) is 3. The predicted molar refractivity (Wildman–Crippen MR) is 70.1 cm³/mol. The molecule has 1 heterocycles. The zero-order chi connectivity index (χ0) is 11.1. The number of nitrogens with zero attached hydrogens (tertiary/aromatic N) is 1. The first-order chi connectivity index (χ1) is 7.24. The number of aryl methyl sites for hydroxylation is 1. The van der Waals surface area contributed by atoms with E-state index in [9.17, 15) is 0 Å². The highest BCUT2D eigenvalue weighted by atomic mass is 35.5. The minimum absolute atomic E-state index is 0.559. The fourth-order valence-corrected chi connectivity index (χ4v) is 2.03. The lowest BCUT2D eigenvalue weighted by atomic mass is 10.3. The van der Waals surface area contributed by atoms with E-state index in [1.807, 2.05) is 24.8 Å². The van der Waals surface area contributed by atoms with Crippen LogP contribution in [0.4, 0.5) is 5.69 Å². The van der Waals surface area contributed by atoms with E-state index in [-0.39, 0.29) is 0 Å². The molecule has 0 radical (unpaired) electrons. The fourth-order valence-electron chi connectivity index (χ4n) is 1.22. The van der Waals surface area contributed by atoms with E-state index in [2.05, 4.69) is 17.2 Å². The zero-order valence-electron chi connectivity index (χ0n) is 9.22. The molecule has 2 nitrogen and oxygen atoms in total. The van der Waals surface area contributed by atoms with Crippen molar-refractivity contribution in [3.8, 4) is 0 Å². The Morgan fingerprint density at radius 3 is 3.07 bits per heavy atom. The number of thioether (sulfide) groups is 1. The first-order valence-corrected chi connectivity index (χ1v) is 6.71. The Balaban J connectivity index is 2.33. The van der Waals surface area contributed by atoms with E-state index in [1.54, 1.807) is 6.20 Å². The molecule has 84 valence electrons. The van der Waals surface area contributed by atoms with Gasteiger partial charge in [-0.05, 0) is 36.5 Å². The summed E-state index contributed by atoms with van der Waals surface area (Å²) in [5, 5.41) is 3.86. The highest BCUT2D eigenvalue weighted by Crippen LogP contribution is 2.19. The summed E-state index contributed by atoms with van der Waals surface area (Å²) in [5.41, 5.74) is 2.07. The van der Waals surface area contributed by atoms with Crippen LogP contribution in [0.25, 0.3) is 0 Å². The van der Waals surface area contributed by atoms with Gasteiger partial charge in [0.2, 0.25) is 0 Å². The second kappa shape index (κ2) is 6.96. The van der Waals surface area contributed by atoms with Crippen LogP contribution in [0.3, 0.4) is 0 Å². The summed E-state index contributed by atoms with van der Waals surface area (Å²) in [6.07, 6.45) is 2.93. The minimum atomic E-state index is 0.559. The number of rotatable bonds is 6. The molecule has 1 N–H and O–H groups in total. The largest absolute Gasteiger partial charge is 0.383 e. The van der Waals surface area contributed by atoms with Crippen LogP contribution in [0.1, 0.15) is 18.9 Å². The second-order valence-electron chi connectivity index (χ2n) is 3.33. The van der Waals surface area contributed by atoms with Crippen molar-refractivity contribution in [1.29, 1.82) is 0 Å². The molecule has 0 aliphatic rings. The van der Waals surface area contributed by atoms with Crippen LogP contribution in [-0.4, -0.2) is 23.0 Å². The highest BCUT2D eigenvalue weighted by molar-refractivity contribution is 7.99. The Bertz CT molecular complexity index is 305. The fraction of sp³-hybridized carbons (Fsp3) is 0.545. The molecule has 0 aliphatic heterocycles. The summed E-state index contributed by atoms with van der Waals surface area (Å²) in [7, 11) is 0. The lowest BCUT2D eigenvalue weighted by Crippen LogP contribution is -2.04. The Labute approximate surface area is 101 Å². The lowest BCUT2D eigenvalue weighted by molar-refractivity contribution is 0.988. The average molecular weight is 245 g/mol. The molecule has 0 bridgehead atoms. The summed E-state index contributed by atoms with van der Waals surface area (Å²) in [6.45, 7) is 5.15. The van der Waals surface area contributed by atoms with E-state index in [4.69, 9.17) is 11.6 Å². The first-order valence-electron chi connectivity index (χ1n) is 5.17. The lowest BCUT2D eigenvalue weighted by Gasteiger charge is -2.07. The molecule has 0 atom stereocenters. The van der Waals surface area contributed by atoms with Crippen LogP contribution in [0.15, 0.2) is 12.3 Å². The standard InChI is InChI=1S/C11H17ClN2S/c1-3-15-6-4-5-13-10-7-9(2)8-14-11(10)12/h7-8,13H,3-6H2,1-2H3. The van der Waals surface area contributed by atoms with Gasteiger partial charge in [-0.1, -0.05) is 18.5 Å². The number of nitrogens with one attached hydrogen (secondary N) is 1. The van der Waals surface area contributed by atoms with Crippen molar-refractivity contribution in [3.05, 3.63) is 23.0 Å². The minimum Gasteiger partial charge on any atom is -0.383 e. The van der Waals surface area contributed by atoms with E-state index in [1.165, 1.54) is 11.5 Å². The number of halogens is 1. The van der Waals surface area contributed by atoms with Crippen molar-refractivity contribution < 1.29 is 0 Å². The second-order valence-corrected chi connectivity index (χ2v) is 5.08. The molecule has 0 amide bonds.